The third-order valence-corrected chi connectivity index (χ3v) is 4.18. The smallest absolute Gasteiger partial charge is 0.255 e. The Morgan fingerprint density at radius 2 is 1.92 bits per heavy atom. The summed E-state index contributed by atoms with van der Waals surface area (Å²) in [5.41, 5.74) is 1.43. The molecule has 0 bridgehead atoms. The Labute approximate surface area is 153 Å². The molecule has 2 aromatic carbocycles. The summed E-state index contributed by atoms with van der Waals surface area (Å²) in [5.74, 6) is 0.196. The molecular formula is C17H16BrClN2O3. The second kappa shape index (κ2) is 8.17. The lowest BCUT2D eigenvalue weighted by atomic mass is 10.2. The quantitative estimate of drug-likeness (QED) is 0.748. The van der Waals surface area contributed by atoms with E-state index in [0.29, 0.717) is 38.6 Å². The van der Waals surface area contributed by atoms with E-state index in [2.05, 4.69) is 26.6 Å². The standard InChI is InChI=1S/C17H16BrClN2O3/c1-3-16(22)20-11-5-6-13(19)14(9-11)21-17(23)10-4-7-15(24-2)12(18)8-10/h4-9H,3H2,1-2H3,(H,20,22)(H,21,23). The second-order valence-electron chi connectivity index (χ2n) is 4.90. The van der Waals surface area contributed by atoms with Gasteiger partial charge in [-0.15, -0.1) is 0 Å². The Bertz CT molecular complexity index is 780. The summed E-state index contributed by atoms with van der Waals surface area (Å²) >= 11 is 9.46. The van der Waals surface area contributed by atoms with E-state index in [9.17, 15) is 9.59 Å². The molecule has 0 unspecified atom stereocenters. The number of nitrogens with one attached hydrogen (secondary N) is 2. The second-order valence-corrected chi connectivity index (χ2v) is 6.16. The van der Waals surface area contributed by atoms with Crippen LogP contribution in [0.2, 0.25) is 5.02 Å². The lowest BCUT2D eigenvalue weighted by Crippen LogP contribution is -2.13. The highest BCUT2D eigenvalue weighted by Crippen LogP contribution is 2.28. The maximum absolute atomic E-state index is 12.4. The fraction of sp³-hybridized carbons (Fsp3) is 0.176. The summed E-state index contributed by atoms with van der Waals surface area (Å²) < 4.78 is 5.81. The van der Waals surface area contributed by atoms with Gasteiger partial charge in [0.25, 0.3) is 5.91 Å². The van der Waals surface area contributed by atoms with Crippen molar-refractivity contribution in [1.29, 1.82) is 0 Å². The number of halogens is 2. The Morgan fingerprint density at radius 1 is 1.17 bits per heavy atom. The maximum Gasteiger partial charge on any atom is 0.255 e. The van der Waals surface area contributed by atoms with Crippen molar-refractivity contribution in [3.63, 3.8) is 0 Å². The van der Waals surface area contributed by atoms with Gasteiger partial charge in [-0.3, -0.25) is 9.59 Å². The lowest BCUT2D eigenvalue weighted by molar-refractivity contribution is -0.115. The number of ether oxygens (including phenoxy) is 1. The first kappa shape index (κ1) is 18.3. The highest BCUT2D eigenvalue weighted by Gasteiger charge is 2.12. The van der Waals surface area contributed by atoms with Crippen LogP contribution in [0.25, 0.3) is 0 Å². The van der Waals surface area contributed by atoms with Crippen LogP contribution in [0.15, 0.2) is 40.9 Å². The van der Waals surface area contributed by atoms with Gasteiger partial charge in [0.05, 0.1) is 22.3 Å². The molecule has 0 aliphatic heterocycles. The van der Waals surface area contributed by atoms with Crippen molar-refractivity contribution in [3.05, 3.63) is 51.5 Å². The number of methoxy groups -OCH3 is 1. The SMILES string of the molecule is CCC(=O)Nc1ccc(Cl)c(NC(=O)c2ccc(OC)c(Br)c2)c1. The van der Waals surface area contributed by atoms with E-state index in [0.717, 1.165) is 0 Å². The van der Waals surface area contributed by atoms with Crippen molar-refractivity contribution in [3.8, 4) is 5.75 Å². The van der Waals surface area contributed by atoms with Gasteiger partial charge in [0, 0.05) is 17.7 Å². The Hall–Kier alpha value is -2.05. The molecule has 0 aromatic heterocycles. The van der Waals surface area contributed by atoms with Gasteiger partial charge in [-0.05, 0) is 52.3 Å². The van der Waals surface area contributed by atoms with E-state index in [1.54, 1.807) is 50.4 Å². The van der Waals surface area contributed by atoms with Crippen molar-refractivity contribution >= 4 is 50.7 Å². The fourth-order valence-electron chi connectivity index (χ4n) is 1.95. The molecule has 5 nitrogen and oxygen atoms in total. The molecule has 0 saturated heterocycles. The molecule has 0 aliphatic rings. The monoisotopic (exact) mass is 410 g/mol. The van der Waals surface area contributed by atoms with Gasteiger partial charge < -0.3 is 15.4 Å². The van der Waals surface area contributed by atoms with Gasteiger partial charge in [-0.25, -0.2) is 0 Å². The highest BCUT2D eigenvalue weighted by molar-refractivity contribution is 9.10. The first-order valence-electron chi connectivity index (χ1n) is 7.19. The van der Waals surface area contributed by atoms with Crippen molar-refractivity contribution < 1.29 is 14.3 Å². The molecule has 0 saturated carbocycles. The first-order valence-corrected chi connectivity index (χ1v) is 8.36. The third kappa shape index (κ3) is 4.49. The van der Waals surface area contributed by atoms with Crippen LogP contribution in [0.5, 0.6) is 5.75 Å². The summed E-state index contributed by atoms with van der Waals surface area (Å²) in [4.78, 5) is 23.9. The molecule has 2 rings (SSSR count). The maximum atomic E-state index is 12.4. The van der Waals surface area contributed by atoms with Crippen LogP contribution in [0.4, 0.5) is 11.4 Å². The summed E-state index contributed by atoms with van der Waals surface area (Å²) in [6.07, 6.45) is 0.365. The van der Waals surface area contributed by atoms with Crippen molar-refractivity contribution in [2.45, 2.75) is 13.3 Å². The Morgan fingerprint density at radius 3 is 2.54 bits per heavy atom. The third-order valence-electron chi connectivity index (χ3n) is 3.23. The summed E-state index contributed by atoms with van der Waals surface area (Å²) in [6.45, 7) is 1.76. The average Bonchev–Trinajstić information content (AvgIpc) is 2.57. The number of benzene rings is 2. The van der Waals surface area contributed by atoms with Gasteiger partial charge in [0.2, 0.25) is 5.91 Å². The van der Waals surface area contributed by atoms with E-state index < -0.39 is 0 Å². The van der Waals surface area contributed by atoms with E-state index >= 15 is 0 Å². The van der Waals surface area contributed by atoms with Crippen LogP contribution < -0.4 is 15.4 Å². The van der Waals surface area contributed by atoms with E-state index in [1.807, 2.05) is 0 Å². The molecule has 0 fully saturated rings. The topological polar surface area (TPSA) is 67.4 Å². The van der Waals surface area contributed by atoms with Gasteiger partial charge in [-0.1, -0.05) is 18.5 Å². The Balaban J connectivity index is 2.20. The zero-order chi connectivity index (χ0) is 17.7. The molecule has 0 atom stereocenters. The molecule has 2 N–H and O–H groups in total. The molecule has 126 valence electrons. The van der Waals surface area contributed by atoms with E-state index in [-0.39, 0.29) is 11.8 Å². The normalized spacial score (nSPS) is 10.2. The number of carbonyl (C=O) groups is 2. The molecule has 0 spiro atoms. The molecule has 2 aromatic rings. The number of rotatable bonds is 5. The Kier molecular flexibility index (Phi) is 6.23. The number of hydrogen-bond acceptors (Lipinski definition) is 3. The largest absolute Gasteiger partial charge is 0.496 e. The number of hydrogen-bond donors (Lipinski definition) is 2. The van der Waals surface area contributed by atoms with E-state index in [1.165, 1.54) is 0 Å². The van der Waals surface area contributed by atoms with Crippen molar-refractivity contribution in [2.24, 2.45) is 0 Å². The predicted molar refractivity (Wildman–Crippen MR) is 99.0 cm³/mol. The predicted octanol–water partition coefficient (Wildman–Crippen LogP) is 4.71. The summed E-state index contributed by atoms with van der Waals surface area (Å²) in [7, 11) is 1.55. The molecular weight excluding hydrogens is 396 g/mol. The molecule has 0 heterocycles. The lowest BCUT2D eigenvalue weighted by Gasteiger charge is -2.11. The fourth-order valence-corrected chi connectivity index (χ4v) is 2.66. The molecule has 0 radical (unpaired) electrons. The zero-order valence-corrected chi connectivity index (χ0v) is 15.5. The van der Waals surface area contributed by atoms with Gasteiger partial charge >= 0.3 is 0 Å². The molecule has 2 amide bonds. The van der Waals surface area contributed by atoms with Gasteiger partial charge in [0.1, 0.15) is 5.75 Å². The highest BCUT2D eigenvalue weighted by atomic mass is 79.9. The molecule has 24 heavy (non-hydrogen) atoms. The van der Waals surface area contributed by atoms with Crippen LogP contribution in [0.3, 0.4) is 0 Å². The van der Waals surface area contributed by atoms with Crippen molar-refractivity contribution in [1.82, 2.24) is 0 Å². The van der Waals surface area contributed by atoms with Crippen LogP contribution in [0.1, 0.15) is 23.7 Å². The van der Waals surface area contributed by atoms with Gasteiger partial charge in [0.15, 0.2) is 0 Å². The average molecular weight is 412 g/mol. The van der Waals surface area contributed by atoms with Crippen LogP contribution in [0, 0.1) is 0 Å². The minimum absolute atomic E-state index is 0.117. The van der Waals surface area contributed by atoms with Gasteiger partial charge in [-0.2, -0.15) is 0 Å². The minimum Gasteiger partial charge on any atom is -0.496 e. The molecule has 7 heteroatoms. The minimum atomic E-state index is -0.320. The van der Waals surface area contributed by atoms with E-state index in [4.69, 9.17) is 16.3 Å². The van der Waals surface area contributed by atoms with Crippen molar-refractivity contribution in [2.75, 3.05) is 17.7 Å². The summed E-state index contributed by atoms with van der Waals surface area (Å²) in [6, 6.07) is 9.91. The van der Waals surface area contributed by atoms with Crippen LogP contribution in [-0.4, -0.2) is 18.9 Å². The number of carbonyl (C=O) groups excluding carboxylic acids is 2. The number of amides is 2. The number of anilines is 2. The first-order chi connectivity index (χ1) is 11.4. The molecule has 0 aliphatic carbocycles. The van der Waals surface area contributed by atoms with Crippen LogP contribution in [-0.2, 0) is 4.79 Å². The summed E-state index contributed by atoms with van der Waals surface area (Å²) in [5, 5.41) is 5.84. The zero-order valence-electron chi connectivity index (χ0n) is 13.2. The van der Waals surface area contributed by atoms with Crippen LogP contribution >= 0.6 is 27.5 Å².